The van der Waals surface area contributed by atoms with Crippen LogP contribution in [0.25, 0.3) is 0 Å². The Labute approximate surface area is 102 Å². The van der Waals surface area contributed by atoms with Crippen molar-refractivity contribution in [1.29, 1.82) is 0 Å². The smallest absolute Gasteiger partial charge is 0.182 e. The van der Waals surface area contributed by atoms with Gasteiger partial charge in [0.15, 0.2) is 9.84 Å². The first-order chi connectivity index (χ1) is 7.95. The van der Waals surface area contributed by atoms with Crippen molar-refractivity contribution in [2.45, 2.75) is 24.8 Å². The molecule has 1 aromatic carbocycles. The lowest BCUT2D eigenvalue weighted by atomic mass is 10.1. The highest BCUT2D eigenvalue weighted by Crippen LogP contribution is 2.33. The first-order valence-corrected chi connectivity index (χ1v) is 7.41. The number of nitrogens with two attached hydrogens (primary N) is 1. The van der Waals surface area contributed by atoms with Gasteiger partial charge < -0.3 is 10.6 Å². The largest absolute Gasteiger partial charge is 0.365 e. The Morgan fingerprint density at radius 1 is 1.47 bits per heavy atom. The number of fused-ring (bicyclic) bond motifs is 1. The minimum Gasteiger partial charge on any atom is -0.365 e. The summed E-state index contributed by atoms with van der Waals surface area (Å²) in [5.74, 6) is 0.170. The first-order valence-electron chi connectivity index (χ1n) is 5.76. The SMILES string of the molecule is Cc1ccc2c(c1)N(CCN)C(C)CS2(=O)=O. The molecule has 0 bridgehead atoms. The maximum Gasteiger partial charge on any atom is 0.182 e. The average molecular weight is 254 g/mol. The maximum atomic E-state index is 12.1. The molecule has 1 unspecified atom stereocenters. The van der Waals surface area contributed by atoms with Gasteiger partial charge in [0.25, 0.3) is 0 Å². The number of rotatable bonds is 2. The molecule has 0 saturated heterocycles. The average Bonchev–Trinajstić information content (AvgIpc) is 2.23. The van der Waals surface area contributed by atoms with Gasteiger partial charge in [0.2, 0.25) is 0 Å². The molecule has 0 radical (unpaired) electrons. The molecule has 0 saturated carbocycles. The third-order valence-corrected chi connectivity index (χ3v) is 5.06. The highest BCUT2D eigenvalue weighted by Gasteiger charge is 2.32. The summed E-state index contributed by atoms with van der Waals surface area (Å²) in [6.45, 7) is 5.11. The molecule has 0 fully saturated rings. The molecule has 4 nitrogen and oxygen atoms in total. The Hall–Kier alpha value is -1.07. The second-order valence-corrected chi connectivity index (χ2v) is 6.59. The second kappa shape index (κ2) is 4.31. The van der Waals surface area contributed by atoms with Gasteiger partial charge in [-0.1, -0.05) is 6.07 Å². The number of hydrogen-bond acceptors (Lipinski definition) is 4. The molecule has 1 aliphatic heterocycles. The van der Waals surface area contributed by atoms with Gasteiger partial charge in [0, 0.05) is 19.1 Å². The topological polar surface area (TPSA) is 63.4 Å². The van der Waals surface area contributed by atoms with Crippen molar-refractivity contribution in [2.75, 3.05) is 23.7 Å². The van der Waals surface area contributed by atoms with E-state index in [1.807, 2.05) is 26.0 Å². The summed E-state index contributed by atoms with van der Waals surface area (Å²) >= 11 is 0. The molecular formula is C12H18N2O2S. The van der Waals surface area contributed by atoms with E-state index < -0.39 is 9.84 Å². The zero-order chi connectivity index (χ0) is 12.6. The molecule has 0 amide bonds. The molecular weight excluding hydrogens is 236 g/mol. The van der Waals surface area contributed by atoms with Gasteiger partial charge in [0.05, 0.1) is 16.3 Å². The minimum atomic E-state index is -3.14. The van der Waals surface area contributed by atoms with Gasteiger partial charge >= 0.3 is 0 Å². The van der Waals surface area contributed by atoms with Crippen LogP contribution < -0.4 is 10.6 Å². The minimum absolute atomic E-state index is 0.0159. The number of anilines is 1. The quantitative estimate of drug-likeness (QED) is 0.853. The van der Waals surface area contributed by atoms with Crippen molar-refractivity contribution in [1.82, 2.24) is 0 Å². The van der Waals surface area contributed by atoms with E-state index >= 15 is 0 Å². The van der Waals surface area contributed by atoms with Crippen molar-refractivity contribution < 1.29 is 8.42 Å². The summed E-state index contributed by atoms with van der Waals surface area (Å²) in [5, 5.41) is 0. The van der Waals surface area contributed by atoms with Crippen molar-refractivity contribution >= 4 is 15.5 Å². The summed E-state index contributed by atoms with van der Waals surface area (Å²) in [6, 6.07) is 5.46. The predicted octanol–water partition coefficient (Wildman–Crippen LogP) is 0.936. The normalized spacial score (nSPS) is 22.3. The molecule has 0 spiro atoms. The lowest BCUT2D eigenvalue weighted by Crippen LogP contribution is -2.45. The van der Waals surface area contributed by atoms with E-state index in [9.17, 15) is 8.42 Å². The van der Waals surface area contributed by atoms with Gasteiger partial charge in [0.1, 0.15) is 0 Å². The molecule has 94 valence electrons. The number of hydrogen-bond donors (Lipinski definition) is 1. The van der Waals surface area contributed by atoms with E-state index in [2.05, 4.69) is 4.90 Å². The molecule has 0 aliphatic carbocycles. The summed E-state index contributed by atoms with van der Waals surface area (Å²) < 4.78 is 24.2. The van der Waals surface area contributed by atoms with Crippen molar-refractivity contribution in [2.24, 2.45) is 5.73 Å². The second-order valence-electron chi connectivity index (χ2n) is 4.58. The van der Waals surface area contributed by atoms with Gasteiger partial charge in [-0.15, -0.1) is 0 Å². The summed E-state index contributed by atoms with van der Waals surface area (Å²) in [4.78, 5) is 2.53. The Morgan fingerprint density at radius 3 is 2.82 bits per heavy atom. The van der Waals surface area contributed by atoms with Gasteiger partial charge in [-0.25, -0.2) is 8.42 Å². The zero-order valence-electron chi connectivity index (χ0n) is 10.2. The molecule has 0 aromatic heterocycles. The standard InChI is InChI=1S/C12H18N2O2S/c1-9-3-4-12-11(7-9)14(6-5-13)10(2)8-17(12,15)16/h3-4,7,10H,5-6,8,13H2,1-2H3. The van der Waals surface area contributed by atoms with E-state index in [0.717, 1.165) is 11.3 Å². The van der Waals surface area contributed by atoms with Crippen LogP contribution in [0.3, 0.4) is 0 Å². The van der Waals surface area contributed by atoms with E-state index in [4.69, 9.17) is 5.73 Å². The zero-order valence-corrected chi connectivity index (χ0v) is 11.0. The van der Waals surface area contributed by atoms with Crippen LogP contribution in [0.15, 0.2) is 23.1 Å². The van der Waals surface area contributed by atoms with E-state index in [1.165, 1.54) is 0 Å². The predicted molar refractivity (Wildman–Crippen MR) is 69.1 cm³/mol. The fraction of sp³-hybridized carbons (Fsp3) is 0.500. The number of sulfone groups is 1. The van der Waals surface area contributed by atoms with Crippen molar-refractivity contribution in [3.8, 4) is 0 Å². The lowest BCUT2D eigenvalue weighted by Gasteiger charge is -2.36. The molecule has 1 atom stereocenters. The lowest BCUT2D eigenvalue weighted by molar-refractivity contribution is 0.572. The molecule has 5 heteroatoms. The first kappa shape index (κ1) is 12.4. The number of aryl methyl sites for hydroxylation is 1. The third kappa shape index (κ3) is 2.17. The summed E-state index contributed by atoms with van der Waals surface area (Å²) in [5.41, 5.74) is 7.46. The van der Waals surface area contributed by atoms with Gasteiger partial charge in [-0.3, -0.25) is 0 Å². The third-order valence-electron chi connectivity index (χ3n) is 3.12. The van der Waals surface area contributed by atoms with Crippen LogP contribution in [0.1, 0.15) is 12.5 Å². The van der Waals surface area contributed by atoms with Crippen LogP contribution in [0, 0.1) is 6.92 Å². The van der Waals surface area contributed by atoms with Crippen LogP contribution in [0.5, 0.6) is 0 Å². The van der Waals surface area contributed by atoms with Crippen molar-refractivity contribution in [3.05, 3.63) is 23.8 Å². The molecule has 1 aliphatic rings. The summed E-state index contributed by atoms with van der Waals surface area (Å²) in [7, 11) is -3.14. The highest BCUT2D eigenvalue weighted by molar-refractivity contribution is 7.91. The van der Waals surface area contributed by atoms with Crippen LogP contribution in [0.2, 0.25) is 0 Å². The number of nitrogens with zero attached hydrogens (tertiary/aromatic N) is 1. The molecule has 2 rings (SSSR count). The van der Waals surface area contributed by atoms with Crippen LogP contribution in [-0.2, 0) is 9.84 Å². The molecule has 1 aromatic rings. The van der Waals surface area contributed by atoms with E-state index in [0.29, 0.717) is 18.0 Å². The fourth-order valence-electron chi connectivity index (χ4n) is 2.33. The van der Waals surface area contributed by atoms with Crippen LogP contribution in [-0.4, -0.2) is 33.3 Å². The monoisotopic (exact) mass is 254 g/mol. The van der Waals surface area contributed by atoms with E-state index in [1.54, 1.807) is 6.07 Å². The van der Waals surface area contributed by atoms with E-state index in [-0.39, 0.29) is 11.8 Å². The van der Waals surface area contributed by atoms with Crippen LogP contribution in [0.4, 0.5) is 5.69 Å². The fourth-order valence-corrected chi connectivity index (χ4v) is 4.09. The Morgan fingerprint density at radius 2 is 2.18 bits per heavy atom. The Balaban J connectivity index is 2.59. The number of benzene rings is 1. The Kier molecular flexibility index (Phi) is 3.14. The molecule has 17 heavy (non-hydrogen) atoms. The highest BCUT2D eigenvalue weighted by atomic mass is 32.2. The van der Waals surface area contributed by atoms with Crippen molar-refractivity contribution in [3.63, 3.8) is 0 Å². The molecule has 2 N–H and O–H groups in total. The Bertz CT molecular complexity index is 525. The molecule has 1 heterocycles. The summed E-state index contributed by atoms with van der Waals surface area (Å²) in [6.07, 6.45) is 0. The maximum absolute atomic E-state index is 12.1. The van der Waals surface area contributed by atoms with Crippen LogP contribution >= 0.6 is 0 Å². The van der Waals surface area contributed by atoms with Gasteiger partial charge in [-0.05, 0) is 31.5 Å². The van der Waals surface area contributed by atoms with Gasteiger partial charge in [-0.2, -0.15) is 0 Å².